The van der Waals surface area contributed by atoms with Crippen LogP contribution in [0, 0.1) is 0 Å². The second kappa shape index (κ2) is 4.05. The quantitative estimate of drug-likeness (QED) is 0.786. The van der Waals surface area contributed by atoms with Crippen LogP contribution in [0.25, 0.3) is 0 Å². The molecule has 1 unspecified atom stereocenters. The Hall–Kier alpha value is -0.900. The number of carbonyl (C=O) groups is 1. The lowest BCUT2D eigenvalue weighted by molar-refractivity contribution is -0.117. The molecule has 1 heterocycles. The Balaban J connectivity index is 2.14. The molecular weight excluding hydrogens is 248 g/mol. The van der Waals surface area contributed by atoms with E-state index in [1.165, 1.54) is 11.1 Å². The molecule has 0 saturated heterocycles. The second-order valence-electron chi connectivity index (χ2n) is 5.62. The van der Waals surface area contributed by atoms with Gasteiger partial charge in [0.05, 0.1) is 6.04 Å². The van der Waals surface area contributed by atoms with Crippen LogP contribution in [-0.4, -0.2) is 30.3 Å². The van der Waals surface area contributed by atoms with E-state index in [4.69, 9.17) is 17.3 Å². The van der Waals surface area contributed by atoms with Crippen LogP contribution in [0.4, 0.5) is 0 Å². The minimum absolute atomic E-state index is 0.0803. The minimum Gasteiger partial charge on any atom is -0.328 e. The highest BCUT2D eigenvalue weighted by atomic mass is 35.5. The first-order valence-corrected chi connectivity index (χ1v) is 6.64. The third-order valence-electron chi connectivity index (χ3n) is 4.45. The van der Waals surface area contributed by atoms with Crippen molar-refractivity contribution in [2.24, 2.45) is 5.73 Å². The van der Waals surface area contributed by atoms with E-state index < -0.39 is 0 Å². The van der Waals surface area contributed by atoms with Crippen LogP contribution in [0.5, 0.6) is 0 Å². The fourth-order valence-corrected chi connectivity index (χ4v) is 3.84. The van der Waals surface area contributed by atoms with Crippen LogP contribution in [0.2, 0.25) is 5.02 Å². The number of rotatable bonds is 1. The van der Waals surface area contributed by atoms with E-state index in [1.54, 1.807) is 0 Å². The van der Waals surface area contributed by atoms with Crippen LogP contribution in [0.15, 0.2) is 18.2 Å². The van der Waals surface area contributed by atoms with Gasteiger partial charge in [-0.1, -0.05) is 17.7 Å². The number of likely N-dealkylation sites (N-methyl/N-ethyl adjacent to an activating group) is 1. The third kappa shape index (κ3) is 1.54. The maximum absolute atomic E-state index is 11.5. The van der Waals surface area contributed by atoms with Crippen molar-refractivity contribution < 1.29 is 4.79 Å². The van der Waals surface area contributed by atoms with Crippen molar-refractivity contribution in [1.82, 2.24) is 4.90 Å². The molecule has 1 aliphatic carbocycles. The maximum atomic E-state index is 11.5. The Labute approximate surface area is 112 Å². The van der Waals surface area contributed by atoms with Crippen molar-refractivity contribution >= 4 is 17.9 Å². The van der Waals surface area contributed by atoms with Crippen molar-refractivity contribution in [2.75, 3.05) is 7.05 Å². The number of nitrogens with zero attached hydrogens (tertiary/aromatic N) is 1. The lowest BCUT2D eigenvalue weighted by atomic mass is 9.55. The number of hydrogen-bond acceptors (Lipinski definition) is 3. The molecule has 1 atom stereocenters. The number of nitrogens with two attached hydrogens (primary N) is 1. The van der Waals surface area contributed by atoms with E-state index >= 15 is 0 Å². The predicted octanol–water partition coefficient (Wildman–Crippen LogP) is 1.71. The molecule has 3 rings (SSSR count). The molecule has 2 N–H and O–H groups in total. The highest BCUT2D eigenvalue weighted by Crippen LogP contribution is 2.51. The van der Waals surface area contributed by atoms with Gasteiger partial charge in [0.15, 0.2) is 0 Å². The molecule has 1 aromatic rings. The molecule has 3 nitrogen and oxygen atoms in total. The molecule has 1 fully saturated rings. The summed E-state index contributed by atoms with van der Waals surface area (Å²) in [5.41, 5.74) is 8.36. The van der Waals surface area contributed by atoms with E-state index in [-0.39, 0.29) is 17.5 Å². The average molecular weight is 265 g/mol. The normalized spacial score (nSPS) is 35.1. The molecule has 0 aromatic heterocycles. The Morgan fingerprint density at radius 3 is 2.83 bits per heavy atom. The topological polar surface area (TPSA) is 46.3 Å². The molecule has 96 valence electrons. The maximum Gasteiger partial charge on any atom is 0.138 e. The standard InChI is InChI=1S/C14H17ClN2O/c1-17-7-9-2-3-10(15)4-12(9)14(13(17)8-18)5-11(16)6-14/h2-4,8,11,13H,5-7,16H2,1H3. The predicted molar refractivity (Wildman–Crippen MR) is 71.7 cm³/mol. The molecule has 1 aromatic carbocycles. The van der Waals surface area contributed by atoms with Crippen LogP contribution >= 0.6 is 11.6 Å². The molecule has 18 heavy (non-hydrogen) atoms. The monoisotopic (exact) mass is 264 g/mol. The van der Waals surface area contributed by atoms with Crippen LogP contribution in [0.3, 0.4) is 0 Å². The van der Waals surface area contributed by atoms with Gasteiger partial charge in [-0.2, -0.15) is 0 Å². The Bertz CT molecular complexity index is 497. The highest BCUT2D eigenvalue weighted by molar-refractivity contribution is 6.30. The number of benzene rings is 1. The van der Waals surface area contributed by atoms with Crippen molar-refractivity contribution in [3.63, 3.8) is 0 Å². The van der Waals surface area contributed by atoms with Gasteiger partial charge in [0.1, 0.15) is 6.29 Å². The average Bonchev–Trinajstić information content (AvgIpc) is 2.28. The van der Waals surface area contributed by atoms with Gasteiger partial charge in [-0.15, -0.1) is 0 Å². The molecular formula is C14H17ClN2O. The summed E-state index contributed by atoms with van der Waals surface area (Å²) < 4.78 is 0. The summed E-state index contributed by atoms with van der Waals surface area (Å²) in [6.07, 6.45) is 2.80. The molecule has 4 heteroatoms. The number of halogens is 1. The molecule has 0 radical (unpaired) electrons. The van der Waals surface area contributed by atoms with Gasteiger partial charge < -0.3 is 10.5 Å². The number of aldehydes is 1. The Kier molecular flexibility index (Phi) is 2.73. The summed E-state index contributed by atoms with van der Waals surface area (Å²) in [7, 11) is 2.00. The highest BCUT2D eigenvalue weighted by Gasteiger charge is 2.53. The summed E-state index contributed by atoms with van der Waals surface area (Å²) >= 11 is 6.12. The second-order valence-corrected chi connectivity index (χ2v) is 6.06. The Morgan fingerprint density at radius 2 is 2.22 bits per heavy atom. The molecule has 1 aliphatic heterocycles. The number of carbonyl (C=O) groups excluding carboxylic acids is 1. The largest absolute Gasteiger partial charge is 0.328 e. The van der Waals surface area contributed by atoms with Crippen molar-refractivity contribution in [3.8, 4) is 0 Å². The van der Waals surface area contributed by atoms with E-state index in [1.807, 2.05) is 19.2 Å². The first kappa shape index (κ1) is 12.2. The summed E-state index contributed by atoms with van der Waals surface area (Å²) in [6, 6.07) is 6.13. The third-order valence-corrected chi connectivity index (χ3v) is 4.69. The van der Waals surface area contributed by atoms with Gasteiger partial charge in [-0.3, -0.25) is 4.90 Å². The zero-order chi connectivity index (χ0) is 12.9. The van der Waals surface area contributed by atoms with Crippen LogP contribution in [-0.2, 0) is 16.8 Å². The summed E-state index contributed by atoms with van der Waals surface area (Å²) in [5, 5.41) is 0.739. The van der Waals surface area contributed by atoms with Gasteiger partial charge in [0.25, 0.3) is 0 Å². The summed E-state index contributed by atoms with van der Waals surface area (Å²) in [5.74, 6) is 0. The van der Waals surface area contributed by atoms with Crippen LogP contribution in [0.1, 0.15) is 24.0 Å². The first-order chi connectivity index (χ1) is 8.56. The van der Waals surface area contributed by atoms with Crippen LogP contribution < -0.4 is 5.73 Å². The smallest absolute Gasteiger partial charge is 0.138 e. The van der Waals surface area contributed by atoms with Crippen molar-refractivity contribution in [2.45, 2.75) is 36.9 Å². The summed E-state index contributed by atoms with van der Waals surface area (Å²) in [4.78, 5) is 13.6. The zero-order valence-electron chi connectivity index (χ0n) is 10.4. The number of hydrogen-bond donors (Lipinski definition) is 1. The van der Waals surface area contributed by atoms with Gasteiger partial charge in [0, 0.05) is 23.0 Å². The van der Waals surface area contributed by atoms with Gasteiger partial charge >= 0.3 is 0 Å². The lowest BCUT2D eigenvalue weighted by Gasteiger charge is -2.55. The SMILES string of the molecule is CN1Cc2ccc(Cl)cc2C2(CC(N)C2)C1C=O. The first-order valence-electron chi connectivity index (χ1n) is 6.27. The number of fused-ring (bicyclic) bond motifs is 2. The van der Waals surface area contributed by atoms with E-state index in [0.717, 1.165) is 30.7 Å². The molecule has 2 aliphatic rings. The fourth-order valence-electron chi connectivity index (χ4n) is 3.67. The molecule has 1 spiro atoms. The van der Waals surface area contributed by atoms with Crippen molar-refractivity contribution in [1.29, 1.82) is 0 Å². The zero-order valence-corrected chi connectivity index (χ0v) is 11.2. The van der Waals surface area contributed by atoms with Gasteiger partial charge in [-0.05, 0) is 43.1 Å². The Morgan fingerprint density at radius 1 is 1.50 bits per heavy atom. The van der Waals surface area contributed by atoms with Gasteiger partial charge in [0.2, 0.25) is 0 Å². The lowest BCUT2D eigenvalue weighted by Crippen LogP contribution is -2.63. The minimum atomic E-state index is -0.117. The van der Waals surface area contributed by atoms with E-state index in [0.29, 0.717) is 0 Å². The van der Waals surface area contributed by atoms with E-state index in [2.05, 4.69) is 11.0 Å². The van der Waals surface area contributed by atoms with Gasteiger partial charge in [-0.25, -0.2) is 0 Å². The van der Waals surface area contributed by atoms with Crippen molar-refractivity contribution in [3.05, 3.63) is 34.3 Å². The van der Waals surface area contributed by atoms with E-state index in [9.17, 15) is 4.79 Å². The molecule has 0 bridgehead atoms. The summed E-state index contributed by atoms with van der Waals surface area (Å²) in [6.45, 7) is 0.799. The molecule has 1 saturated carbocycles. The fraction of sp³-hybridized carbons (Fsp3) is 0.500. The molecule has 0 amide bonds.